The zero-order chi connectivity index (χ0) is 17.9. The Labute approximate surface area is 152 Å². The minimum Gasteiger partial charge on any atom is -0.468 e. The van der Waals surface area contributed by atoms with E-state index in [9.17, 15) is 0 Å². The molecule has 1 fully saturated rings. The number of nitrogens with zero attached hydrogens (tertiary/aromatic N) is 1. The summed E-state index contributed by atoms with van der Waals surface area (Å²) in [7, 11) is 0. The van der Waals surface area contributed by atoms with Gasteiger partial charge < -0.3 is 10.2 Å². The van der Waals surface area contributed by atoms with Gasteiger partial charge in [-0.1, -0.05) is 45.0 Å². The van der Waals surface area contributed by atoms with E-state index >= 15 is 0 Å². The fourth-order valence-corrected chi connectivity index (χ4v) is 3.73. The molecule has 2 N–H and O–H groups in total. The van der Waals surface area contributed by atoms with Crippen molar-refractivity contribution < 1.29 is 4.42 Å². The van der Waals surface area contributed by atoms with Crippen molar-refractivity contribution in [2.45, 2.75) is 77.0 Å². The van der Waals surface area contributed by atoms with Crippen LogP contribution < -0.4 is 5.73 Å². The molecule has 3 rings (SSSR count). The Morgan fingerprint density at radius 2 is 1.68 bits per heavy atom. The molecule has 136 valence electrons. The molecule has 2 aromatic rings. The van der Waals surface area contributed by atoms with Gasteiger partial charge in [0.1, 0.15) is 5.76 Å². The molecule has 3 nitrogen and oxygen atoms in total. The van der Waals surface area contributed by atoms with Crippen molar-refractivity contribution in [3.8, 4) is 0 Å². The molecule has 0 saturated heterocycles. The Hall–Kier alpha value is -1.58. The van der Waals surface area contributed by atoms with Gasteiger partial charge in [-0.25, -0.2) is 0 Å². The highest BCUT2D eigenvalue weighted by molar-refractivity contribution is 5.27. The first-order valence-electron chi connectivity index (χ1n) is 9.53. The van der Waals surface area contributed by atoms with Gasteiger partial charge in [0.2, 0.25) is 0 Å². The standard InChI is InChI=1S/C22H32N2O/c1-22(2,3)18-8-6-17(7-9-18)15-24(16-21-5-4-14-25-21)20-12-10-19(23)11-13-20/h4-9,14,19-20H,10-13,15-16,23H2,1-3H3. The normalized spacial score (nSPS) is 21.6. The van der Waals surface area contributed by atoms with Crippen molar-refractivity contribution in [3.63, 3.8) is 0 Å². The predicted octanol–water partition coefficient (Wildman–Crippen LogP) is 4.85. The highest BCUT2D eigenvalue weighted by Crippen LogP contribution is 2.27. The maximum atomic E-state index is 6.11. The topological polar surface area (TPSA) is 42.4 Å². The van der Waals surface area contributed by atoms with E-state index in [4.69, 9.17) is 10.2 Å². The fourth-order valence-electron chi connectivity index (χ4n) is 3.73. The fraction of sp³-hybridized carbons (Fsp3) is 0.545. The van der Waals surface area contributed by atoms with Gasteiger partial charge in [0.05, 0.1) is 12.8 Å². The lowest BCUT2D eigenvalue weighted by Crippen LogP contribution is -2.40. The number of hydrogen-bond acceptors (Lipinski definition) is 3. The molecule has 1 aromatic heterocycles. The number of hydrogen-bond donors (Lipinski definition) is 1. The molecule has 1 aliphatic carbocycles. The first kappa shape index (κ1) is 18.2. The number of benzene rings is 1. The van der Waals surface area contributed by atoms with Crippen LogP contribution in [0, 0.1) is 0 Å². The van der Waals surface area contributed by atoms with Gasteiger partial charge in [-0.05, 0) is 54.4 Å². The minimum absolute atomic E-state index is 0.200. The highest BCUT2D eigenvalue weighted by Gasteiger charge is 2.25. The highest BCUT2D eigenvalue weighted by atomic mass is 16.3. The molecule has 0 unspecified atom stereocenters. The molecule has 3 heteroatoms. The van der Waals surface area contributed by atoms with Crippen LogP contribution in [0.2, 0.25) is 0 Å². The molecule has 0 atom stereocenters. The summed E-state index contributed by atoms with van der Waals surface area (Å²) in [5.74, 6) is 1.04. The molecule has 0 radical (unpaired) electrons. The molecule has 1 aromatic carbocycles. The second-order valence-electron chi connectivity index (χ2n) is 8.50. The predicted molar refractivity (Wildman–Crippen MR) is 103 cm³/mol. The van der Waals surface area contributed by atoms with E-state index < -0.39 is 0 Å². The van der Waals surface area contributed by atoms with Gasteiger partial charge in [0.15, 0.2) is 0 Å². The zero-order valence-corrected chi connectivity index (χ0v) is 15.9. The summed E-state index contributed by atoms with van der Waals surface area (Å²) in [5, 5.41) is 0. The van der Waals surface area contributed by atoms with Crippen molar-refractivity contribution in [2.24, 2.45) is 5.73 Å². The van der Waals surface area contributed by atoms with Gasteiger partial charge in [-0.3, -0.25) is 4.90 Å². The van der Waals surface area contributed by atoms with Crippen LogP contribution in [0.5, 0.6) is 0 Å². The lowest BCUT2D eigenvalue weighted by molar-refractivity contribution is 0.125. The molecule has 0 bridgehead atoms. The number of furan rings is 1. The van der Waals surface area contributed by atoms with E-state index in [1.165, 1.54) is 24.0 Å². The molecule has 1 saturated carbocycles. The van der Waals surface area contributed by atoms with Gasteiger partial charge in [-0.2, -0.15) is 0 Å². The summed E-state index contributed by atoms with van der Waals surface area (Å²) in [6.07, 6.45) is 6.39. The Bertz CT molecular complexity index is 632. The van der Waals surface area contributed by atoms with E-state index in [1.807, 2.05) is 6.07 Å². The third-order valence-corrected chi connectivity index (χ3v) is 5.40. The van der Waals surface area contributed by atoms with Crippen LogP contribution in [0.25, 0.3) is 0 Å². The lowest BCUT2D eigenvalue weighted by atomic mass is 9.86. The molecule has 0 spiro atoms. The van der Waals surface area contributed by atoms with E-state index in [0.717, 1.165) is 31.7 Å². The molecule has 0 amide bonds. The van der Waals surface area contributed by atoms with Gasteiger partial charge >= 0.3 is 0 Å². The summed E-state index contributed by atoms with van der Waals surface area (Å²) in [6, 6.07) is 14.1. The molecule has 25 heavy (non-hydrogen) atoms. The van der Waals surface area contributed by atoms with E-state index in [-0.39, 0.29) is 5.41 Å². The summed E-state index contributed by atoms with van der Waals surface area (Å²) in [6.45, 7) is 8.61. The average Bonchev–Trinajstić information content (AvgIpc) is 3.08. The first-order chi connectivity index (χ1) is 11.9. The zero-order valence-electron chi connectivity index (χ0n) is 15.9. The maximum Gasteiger partial charge on any atom is 0.117 e. The van der Waals surface area contributed by atoms with Gasteiger partial charge in [0, 0.05) is 18.6 Å². The second-order valence-corrected chi connectivity index (χ2v) is 8.50. The van der Waals surface area contributed by atoms with E-state index in [0.29, 0.717) is 12.1 Å². The van der Waals surface area contributed by atoms with Crippen LogP contribution >= 0.6 is 0 Å². The van der Waals surface area contributed by atoms with Crippen LogP contribution in [0.3, 0.4) is 0 Å². The Morgan fingerprint density at radius 3 is 2.24 bits per heavy atom. The summed E-state index contributed by atoms with van der Waals surface area (Å²) >= 11 is 0. The molecule has 1 heterocycles. The van der Waals surface area contributed by atoms with Crippen molar-refractivity contribution in [1.29, 1.82) is 0 Å². The van der Waals surface area contributed by atoms with Gasteiger partial charge in [-0.15, -0.1) is 0 Å². The average molecular weight is 341 g/mol. The van der Waals surface area contributed by atoms with Crippen LogP contribution in [0.1, 0.15) is 63.3 Å². The summed E-state index contributed by atoms with van der Waals surface area (Å²) in [4.78, 5) is 2.57. The maximum absolute atomic E-state index is 6.11. The summed E-state index contributed by atoms with van der Waals surface area (Å²) < 4.78 is 5.61. The molecular formula is C22H32N2O. The van der Waals surface area contributed by atoms with Crippen molar-refractivity contribution in [2.75, 3.05) is 0 Å². The van der Waals surface area contributed by atoms with Crippen LogP contribution in [0.4, 0.5) is 0 Å². The Kier molecular flexibility index (Phi) is 5.65. The molecule has 1 aliphatic rings. The third kappa shape index (κ3) is 4.96. The van der Waals surface area contributed by atoms with Crippen molar-refractivity contribution in [3.05, 3.63) is 59.5 Å². The summed E-state index contributed by atoms with van der Waals surface area (Å²) in [5.41, 5.74) is 9.06. The molecule has 0 aliphatic heterocycles. The van der Waals surface area contributed by atoms with E-state index in [1.54, 1.807) is 6.26 Å². The lowest BCUT2D eigenvalue weighted by Gasteiger charge is -2.35. The van der Waals surface area contributed by atoms with Crippen LogP contribution in [0.15, 0.2) is 47.1 Å². The molecular weight excluding hydrogens is 308 g/mol. The number of rotatable bonds is 5. The monoisotopic (exact) mass is 340 g/mol. The van der Waals surface area contributed by atoms with Crippen LogP contribution in [-0.4, -0.2) is 17.0 Å². The largest absolute Gasteiger partial charge is 0.468 e. The van der Waals surface area contributed by atoms with Crippen molar-refractivity contribution in [1.82, 2.24) is 4.90 Å². The quantitative estimate of drug-likeness (QED) is 0.846. The Morgan fingerprint density at radius 1 is 1.00 bits per heavy atom. The smallest absolute Gasteiger partial charge is 0.117 e. The minimum atomic E-state index is 0.200. The first-order valence-corrected chi connectivity index (χ1v) is 9.53. The van der Waals surface area contributed by atoms with E-state index in [2.05, 4.69) is 56.0 Å². The second kappa shape index (κ2) is 7.76. The Balaban J connectivity index is 1.72. The SMILES string of the molecule is CC(C)(C)c1ccc(CN(Cc2ccco2)C2CCC(N)CC2)cc1. The van der Waals surface area contributed by atoms with Crippen molar-refractivity contribution >= 4 is 0 Å². The number of nitrogens with two attached hydrogens (primary N) is 1. The van der Waals surface area contributed by atoms with Crippen LogP contribution in [-0.2, 0) is 18.5 Å². The third-order valence-electron chi connectivity index (χ3n) is 5.40. The van der Waals surface area contributed by atoms with Gasteiger partial charge in [0.25, 0.3) is 0 Å².